The molecule has 0 fully saturated rings. The molecule has 0 aliphatic rings. The molecule has 3 heterocycles. The molecule has 0 amide bonds. The zero-order valence-electron chi connectivity index (χ0n) is 24.3. The molecule has 1 N–H and O–H groups in total. The molecule has 222 valence electrons. The highest BCUT2D eigenvalue weighted by atomic mass is 16.5. The first kappa shape index (κ1) is 28.5. The first-order valence-corrected chi connectivity index (χ1v) is 14.3. The van der Waals surface area contributed by atoms with Crippen LogP contribution in [0.5, 0.6) is 0 Å². The van der Waals surface area contributed by atoms with Gasteiger partial charge in [-0.1, -0.05) is 80.1 Å². The second-order valence-corrected chi connectivity index (χ2v) is 10.3. The van der Waals surface area contributed by atoms with E-state index in [0.717, 1.165) is 39.7 Å². The van der Waals surface area contributed by atoms with Crippen molar-refractivity contribution in [3.63, 3.8) is 0 Å². The number of esters is 1. The number of tetrazole rings is 1. The van der Waals surface area contributed by atoms with Crippen molar-refractivity contribution < 1.29 is 9.53 Å². The van der Waals surface area contributed by atoms with Crippen LogP contribution in [0, 0.1) is 0 Å². The van der Waals surface area contributed by atoms with Gasteiger partial charge in [0.05, 0.1) is 12.8 Å². The third-order valence-corrected chi connectivity index (χ3v) is 7.53. The molecule has 0 bridgehead atoms. The van der Waals surface area contributed by atoms with E-state index in [-0.39, 0.29) is 17.7 Å². The van der Waals surface area contributed by atoms with Crippen LogP contribution in [0.2, 0.25) is 0 Å². The largest absolute Gasteiger partial charge is 0.468 e. The Morgan fingerprint density at radius 3 is 2.32 bits per heavy atom. The molecule has 6 rings (SSSR count). The number of unbranched alkanes of at least 4 members (excludes halogenated alkanes) is 1. The number of ether oxygens (including phenoxy) is 1. The van der Waals surface area contributed by atoms with Crippen molar-refractivity contribution in [3.05, 3.63) is 111 Å². The molecule has 0 radical (unpaired) electrons. The van der Waals surface area contributed by atoms with Crippen molar-refractivity contribution in [2.45, 2.75) is 39.3 Å². The number of H-pyrrole nitrogens is 1. The Labute approximate surface area is 251 Å². The average Bonchev–Trinajstić information content (AvgIpc) is 3.72. The van der Waals surface area contributed by atoms with Crippen LogP contribution >= 0.6 is 0 Å². The summed E-state index contributed by atoms with van der Waals surface area (Å²) in [5, 5.41) is 14.3. The molecule has 12 nitrogen and oxygen atoms in total. The van der Waals surface area contributed by atoms with Gasteiger partial charge in [0.25, 0.3) is 5.56 Å². The molecule has 0 aliphatic carbocycles. The predicted octanol–water partition coefficient (Wildman–Crippen LogP) is 3.76. The summed E-state index contributed by atoms with van der Waals surface area (Å²) in [7, 11) is 1.26. The molecular formula is C32H30N8O4. The normalized spacial score (nSPS) is 11.2. The maximum Gasteiger partial charge on any atom is 0.337 e. The summed E-state index contributed by atoms with van der Waals surface area (Å²) < 4.78 is 9.05. The SMILES string of the molecule is CCCCc1nc2c(c(=O)n(-c3ccccc3)c(=O)n2CC(=O)OC)n1Cc1ccc(-c2ccccc2-c2nnn[nH]2)cc1. The Hall–Kier alpha value is -5.65. The quantitative estimate of drug-likeness (QED) is 0.238. The summed E-state index contributed by atoms with van der Waals surface area (Å²) in [6.45, 7) is 2.04. The first-order valence-electron chi connectivity index (χ1n) is 14.3. The minimum absolute atomic E-state index is 0.162. The minimum atomic E-state index is -0.657. The standard InChI is InChI=1S/C32H30N8O4/c1-3-4-14-26-33-30-28(31(42)40(23-10-6-5-7-11-23)32(43)39(30)20-27(41)44-2)38(26)19-21-15-17-22(18-16-21)24-12-8-9-13-25(24)29-34-36-37-35-29/h5-13,15-18H,3-4,14,19-20H2,1-2H3,(H,34,35,36,37). The molecule has 3 aromatic heterocycles. The molecule has 12 heteroatoms. The van der Waals surface area contributed by atoms with E-state index in [1.54, 1.807) is 30.3 Å². The van der Waals surface area contributed by atoms with Crippen LogP contribution < -0.4 is 11.2 Å². The number of hydrogen-bond donors (Lipinski definition) is 1. The highest BCUT2D eigenvalue weighted by Gasteiger charge is 2.24. The van der Waals surface area contributed by atoms with Gasteiger partial charge >= 0.3 is 11.7 Å². The number of rotatable bonds is 10. The summed E-state index contributed by atoms with van der Waals surface area (Å²) in [4.78, 5) is 45.0. The van der Waals surface area contributed by atoms with Crippen molar-refractivity contribution in [1.82, 2.24) is 39.3 Å². The number of aromatic nitrogens is 8. The number of methoxy groups -OCH3 is 1. The van der Waals surface area contributed by atoms with Crippen LogP contribution in [0.1, 0.15) is 31.2 Å². The summed E-state index contributed by atoms with van der Waals surface area (Å²) in [5.41, 5.74) is 3.39. The van der Waals surface area contributed by atoms with E-state index in [2.05, 4.69) is 27.5 Å². The fourth-order valence-electron chi connectivity index (χ4n) is 5.31. The Bertz CT molecular complexity index is 2040. The van der Waals surface area contributed by atoms with Crippen molar-refractivity contribution in [2.75, 3.05) is 7.11 Å². The van der Waals surface area contributed by atoms with Crippen molar-refractivity contribution in [3.8, 4) is 28.2 Å². The van der Waals surface area contributed by atoms with Crippen molar-refractivity contribution >= 4 is 17.1 Å². The molecular weight excluding hydrogens is 560 g/mol. The van der Waals surface area contributed by atoms with Crippen molar-refractivity contribution in [1.29, 1.82) is 0 Å². The Morgan fingerprint density at radius 2 is 1.64 bits per heavy atom. The molecule has 0 saturated heterocycles. The van der Waals surface area contributed by atoms with Gasteiger partial charge in [-0.25, -0.2) is 19.4 Å². The van der Waals surface area contributed by atoms with Gasteiger partial charge < -0.3 is 9.30 Å². The predicted molar refractivity (Wildman–Crippen MR) is 164 cm³/mol. The van der Waals surface area contributed by atoms with Gasteiger partial charge in [0.1, 0.15) is 12.4 Å². The number of carbonyl (C=O) groups excluding carboxylic acids is 1. The number of imidazole rings is 1. The number of aromatic amines is 1. The zero-order chi connectivity index (χ0) is 30.6. The number of hydrogen-bond acceptors (Lipinski definition) is 8. The van der Waals surface area contributed by atoms with E-state index >= 15 is 0 Å². The lowest BCUT2D eigenvalue weighted by atomic mass is 9.98. The average molecular weight is 591 g/mol. The lowest BCUT2D eigenvalue weighted by molar-refractivity contribution is -0.141. The highest BCUT2D eigenvalue weighted by molar-refractivity contribution is 5.80. The summed E-state index contributed by atoms with van der Waals surface area (Å²) in [6.07, 6.45) is 2.35. The van der Waals surface area contributed by atoms with Crippen LogP contribution in [0.3, 0.4) is 0 Å². The Morgan fingerprint density at radius 1 is 0.909 bits per heavy atom. The zero-order valence-corrected chi connectivity index (χ0v) is 24.3. The number of nitrogens with one attached hydrogen (secondary N) is 1. The molecule has 3 aromatic carbocycles. The number of fused-ring (bicyclic) bond motifs is 1. The smallest absolute Gasteiger partial charge is 0.337 e. The number of benzene rings is 3. The lowest BCUT2D eigenvalue weighted by Gasteiger charge is -2.13. The maximum absolute atomic E-state index is 14.1. The van der Waals surface area contributed by atoms with Gasteiger partial charge in [0.15, 0.2) is 17.0 Å². The topological polar surface area (TPSA) is 143 Å². The Kier molecular flexibility index (Phi) is 7.96. The molecule has 6 aromatic rings. The molecule has 0 saturated carbocycles. The van der Waals surface area contributed by atoms with Gasteiger partial charge in [0, 0.05) is 18.5 Å². The number of para-hydroxylation sites is 1. The lowest BCUT2D eigenvalue weighted by Crippen LogP contribution is -2.40. The van der Waals surface area contributed by atoms with Gasteiger partial charge in [-0.15, -0.1) is 5.10 Å². The first-order chi connectivity index (χ1) is 21.5. The maximum atomic E-state index is 14.1. The summed E-state index contributed by atoms with van der Waals surface area (Å²) in [6, 6.07) is 24.5. The molecule has 0 aliphatic heterocycles. The van der Waals surface area contributed by atoms with Crippen LogP contribution in [-0.4, -0.2) is 52.4 Å². The fraction of sp³-hybridized carbons (Fsp3) is 0.219. The molecule has 44 heavy (non-hydrogen) atoms. The fourth-order valence-corrected chi connectivity index (χ4v) is 5.31. The molecule has 0 unspecified atom stereocenters. The van der Waals surface area contributed by atoms with Crippen LogP contribution in [0.25, 0.3) is 39.4 Å². The van der Waals surface area contributed by atoms with E-state index < -0.39 is 17.2 Å². The number of nitrogens with zero attached hydrogens (tertiary/aromatic N) is 7. The summed E-state index contributed by atoms with van der Waals surface area (Å²) in [5.74, 6) is 0.617. The van der Waals surface area contributed by atoms with E-state index in [1.165, 1.54) is 11.7 Å². The van der Waals surface area contributed by atoms with Crippen LogP contribution in [0.4, 0.5) is 0 Å². The van der Waals surface area contributed by atoms with E-state index in [0.29, 0.717) is 30.3 Å². The third kappa shape index (κ3) is 5.33. The Balaban J connectivity index is 1.49. The van der Waals surface area contributed by atoms with Gasteiger partial charge in [-0.2, -0.15) is 0 Å². The second kappa shape index (κ2) is 12.3. The van der Waals surface area contributed by atoms with Gasteiger partial charge in [-0.05, 0) is 45.7 Å². The summed E-state index contributed by atoms with van der Waals surface area (Å²) >= 11 is 0. The van der Waals surface area contributed by atoms with E-state index in [4.69, 9.17) is 9.72 Å². The number of aryl methyl sites for hydroxylation is 1. The van der Waals surface area contributed by atoms with Crippen molar-refractivity contribution in [2.24, 2.45) is 0 Å². The van der Waals surface area contributed by atoms with Gasteiger partial charge in [-0.3, -0.25) is 14.2 Å². The van der Waals surface area contributed by atoms with E-state index in [9.17, 15) is 14.4 Å². The number of carbonyl (C=O) groups is 1. The highest BCUT2D eigenvalue weighted by Crippen LogP contribution is 2.30. The third-order valence-electron chi connectivity index (χ3n) is 7.53. The second-order valence-electron chi connectivity index (χ2n) is 10.3. The minimum Gasteiger partial charge on any atom is -0.468 e. The van der Waals surface area contributed by atoms with E-state index in [1.807, 2.05) is 53.1 Å². The van der Waals surface area contributed by atoms with Crippen LogP contribution in [0.15, 0.2) is 88.5 Å². The molecule has 0 atom stereocenters. The van der Waals surface area contributed by atoms with Crippen LogP contribution in [-0.2, 0) is 29.0 Å². The molecule has 0 spiro atoms. The van der Waals surface area contributed by atoms with Gasteiger partial charge in [0.2, 0.25) is 0 Å². The monoisotopic (exact) mass is 590 g/mol.